The van der Waals surface area contributed by atoms with Crippen LogP contribution in [0.25, 0.3) is 22.3 Å². The van der Waals surface area contributed by atoms with Crippen LogP contribution in [0, 0.1) is 0 Å². The highest BCUT2D eigenvalue weighted by atomic mass is 16.5. The fraction of sp³-hybridized carbons (Fsp3) is 0.150. The minimum atomic E-state index is -0.275. The summed E-state index contributed by atoms with van der Waals surface area (Å²) in [5, 5.41) is 9.96. The van der Waals surface area contributed by atoms with Crippen LogP contribution in [0.5, 0.6) is 5.75 Å². The summed E-state index contributed by atoms with van der Waals surface area (Å²) in [4.78, 5) is 20.3. The molecule has 7 heteroatoms. The van der Waals surface area contributed by atoms with Gasteiger partial charge in [0.25, 0.3) is 5.91 Å². The van der Waals surface area contributed by atoms with E-state index in [1.807, 2.05) is 55.5 Å². The molecule has 3 N–H and O–H groups in total. The number of H-pyrrole nitrogens is 2. The van der Waals surface area contributed by atoms with Crippen molar-refractivity contribution in [2.24, 2.45) is 0 Å². The van der Waals surface area contributed by atoms with Crippen LogP contribution in [0.3, 0.4) is 0 Å². The van der Waals surface area contributed by atoms with Gasteiger partial charge in [-0.25, -0.2) is 4.98 Å². The van der Waals surface area contributed by atoms with Gasteiger partial charge in [-0.1, -0.05) is 24.3 Å². The van der Waals surface area contributed by atoms with Gasteiger partial charge in [-0.3, -0.25) is 9.89 Å². The van der Waals surface area contributed by atoms with Crippen molar-refractivity contribution in [1.29, 1.82) is 0 Å². The first-order chi connectivity index (χ1) is 13.2. The maximum Gasteiger partial charge on any atom is 0.269 e. The normalized spacial score (nSPS) is 12.1. The zero-order chi connectivity index (χ0) is 18.8. The van der Waals surface area contributed by atoms with Crippen molar-refractivity contribution in [2.45, 2.75) is 13.0 Å². The fourth-order valence-electron chi connectivity index (χ4n) is 2.95. The number of rotatable bonds is 5. The number of hydrogen-bond acceptors (Lipinski definition) is 4. The highest BCUT2D eigenvalue weighted by Gasteiger charge is 2.18. The molecular weight excluding hydrogens is 342 g/mol. The molecule has 1 atom stereocenters. The Hall–Kier alpha value is -3.61. The van der Waals surface area contributed by atoms with Crippen LogP contribution in [-0.4, -0.2) is 33.2 Å². The maximum atomic E-state index is 12.6. The lowest BCUT2D eigenvalue weighted by atomic mass is 10.1. The Bertz CT molecular complexity index is 1070. The molecule has 7 nitrogen and oxygen atoms in total. The molecular formula is C20H19N5O2. The molecule has 0 spiro atoms. The minimum absolute atomic E-state index is 0.253. The number of imidazole rings is 1. The van der Waals surface area contributed by atoms with E-state index in [0.29, 0.717) is 23.0 Å². The Kier molecular flexibility index (Phi) is 4.33. The molecule has 2 heterocycles. The number of aromatic nitrogens is 4. The first-order valence-electron chi connectivity index (χ1n) is 8.60. The average Bonchev–Trinajstić information content (AvgIpc) is 3.35. The zero-order valence-electron chi connectivity index (χ0n) is 15.0. The monoisotopic (exact) mass is 361 g/mol. The first-order valence-corrected chi connectivity index (χ1v) is 8.60. The van der Waals surface area contributed by atoms with Gasteiger partial charge in [0.2, 0.25) is 0 Å². The number of fused-ring (bicyclic) bond motifs is 1. The third-order valence-corrected chi connectivity index (χ3v) is 4.37. The second kappa shape index (κ2) is 6.95. The van der Waals surface area contributed by atoms with Crippen LogP contribution in [0.15, 0.2) is 54.6 Å². The predicted octanol–water partition coefficient (Wildman–Crippen LogP) is 3.45. The Balaban J connectivity index is 1.52. The molecule has 0 aliphatic carbocycles. The average molecular weight is 361 g/mol. The third kappa shape index (κ3) is 3.27. The largest absolute Gasteiger partial charge is 0.496 e. The Morgan fingerprint density at radius 1 is 1.15 bits per heavy atom. The van der Waals surface area contributed by atoms with E-state index in [9.17, 15) is 4.79 Å². The van der Waals surface area contributed by atoms with E-state index in [-0.39, 0.29) is 11.9 Å². The number of nitrogens with one attached hydrogen (secondary N) is 3. The number of methoxy groups -OCH3 is 1. The van der Waals surface area contributed by atoms with Crippen LogP contribution in [0.1, 0.15) is 29.3 Å². The molecule has 27 heavy (non-hydrogen) atoms. The number of carbonyl (C=O) groups is 1. The molecule has 0 aliphatic heterocycles. The molecule has 0 aliphatic rings. The smallest absolute Gasteiger partial charge is 0.269 e. The second-order valence-corrected chi connectivity index (χ2v) is 6.20. The van der Waals surface area contributed by atoms with Crippen LogP contribution >= 0.6 is 0 Å². The van der Waals surface area contributed by atoms with E-state index in [2.05, 4.69) is 25.5 Å². The summed E-state index contributed by atoms with van der Waals surface area (Å²) in [6, 6.07) is 16.7. The number of aromatic amines is 2. The summed E-state index contributed by atoms with van der Waals surface area (Å²) in [7, 11) is 1.61. The molecule has 0 radical (unpaired) electrons. The zero-order valence-corrected chi connectivity index (χ0v) is 15.0. The van der Waals surface area contributed by atoms with Crippen molar-refractivity contribution >= 4 is 16.9 Å². The van der Waals surface area contributed by atoms with Crippen LogP contribution < -0.4 is 10.1 Å². The molecule has 4 rings (SSSR count). The standard InChI is InChI=1S/C20H19N5O2/c1-12(19-22-14-8-4-5-9-15(14)23-19)21-20(26)17-11-16(24-25-17)13-7-3-6-10-18(13)27-2/h3-12H,1-2H3,(H,21,26)(H,22,23)(H,24,25)/t12-/m1/s1. The summed E-state index contributed by atoms with van der Waals surface area (Å²) < 4.78 is 5.35. The number of ether oxygens (including phenoxy) is 1. The number of hydrogen-bond donors (Lipinski definition) is 3. The Labute approximate surface area is 155 Å². The molecule has 0 unspecified atom stereocenters. The fourth-order valence-corrected chi connectivity index (χ4v) is 2.95. The molecule has 0 saturated heterocycles. The number of carbonyl (C=O) groups excluding carboxylic acids is 1. The van der Waals surface area contributed by atoms with Gasteiger partial charge in [0.05, 0.1) is 29.9 Å². The molecule has 4 aromatic rings. The van der Waals surface area contributed by atoms with Gasteiger partial charge >= 0.3 is 0 Å². The van der Waals surface area contributed by atoms with E-state index in [4.69, 9.17) is 4.74 Å². The van der Waals surface area contributed by atoms with Gasteiger partial charge in [-0.05, 0) is 37.3 Å². The van der Waals surface area contributed by atoms with Crippen molar-refractivity contribution < 1.29 is 9.53 Å². The lowest BCUT2D eigenvalue weighted by Crippen LogP contribution is -2.27. The lowest BCUT2D eigenvalue weighted by Gasteiger charge is -2.10. The topological polar surface area (TPSA) is 95.7 Å². The molecule has 2 aromatic heterocycles. The Morgan fingerprint density at radius 2 is 1.93 bits per heavy atom. The minimum Gasteiger partial charge on any atom is -0.496 e. The van der Waals surface area contributed by atoms with Crippen LogP contribution in [0.4, 0.5) is 0 Å². The number of nitrogens with zero attached hydrogens (tertiary/aromatic N) is 2. The van der Waals surface area contributed by atoms with E-state index in [1.165, 1.54) is 0 Å². The molecule has 0 fully saturated rings. The lowest BCUT2D eigenvalue weighted by molar-refractivity contribution is 0.0933. The molecule has 0 saturated carbocycles. The summed E-state index contributed by atoms with van der Waals surface area (Å²) in [6.07, 6.45) is 0. The first kappa shape index (κ1) is 16.8. The van der Waals surface area contributed by atoms with Crippen molar-refractivity contribution in [3.63, 3.8) is 0 Å². The van der Waals surface area contributed by atoms with Crippen LogP contribution in [-0.2, 0) is 0 Å². The van der Waals surface area contributed by atoms with Crippen LogP contribution in [0.2, 0.25) is 0 Å². The number of benzene rings is 2. The summed E-state index contributed by atoms with van der Waals surface area (Å²) in [6.45, 7) is 1.88. The van der Waals surface area contributed by atoms with Gasteiger partial charge in [0, 0.05) is 5.56 Å². The second-order valence-electron chi connectivity index (χ2n) is 6.20. The molecule has 0 bridgehead atoms. The van der Waals surface area contributed by atoms with Crippen molar-refractivity contribution in [3.8, 4) is 17.0 Å². The SMILES string of the molecule is COc1ccccc1-c1cc(C(=O)N[C@H](C)c2nc3ccccc3[nH]2)[nH]n1. The highest BCUT2D eigenvalue weighted by molar-refractivity contribution is 5.93. The van der Waals surface area contributed by atoms with E-state index >= 15 is 0 Å². The van der Waals surface area contributed by atoms with E-state index in [0.717, 1.165) is 16.6 Å². The number of para-hydroxylation sites is 3. The van der Waals surface area contributed by atoms with Crippen molar-refractivity contribution in [1.82, 2.24) is 25.5 Å². The van der Waals surface area contributed by atoms with Crippen molar-refractivity contribution in [2.75, 3.05) is 7.11 Å². The molecule has 1 amide bonds. The summed E-state index contributed by atoms with van der Waals surface area (Å²) >= 11 is 0. The Morgan fingerprint density at radius 3 is 2.74 bits per heavy atom. The predicted molar refractivity (Wildman–Crippen MR) is 103 cm³/mol. The van der Waals surface area contributed by atoms with Gasteiger partial charge in [-0.2, -0.15) is 5.10 Å². The van der Waals surface area contributed by atoms with Gasteiger partial charge in [0.1, 0.15) is 17.3 Å². The highest BCUT2D eigenvalue weighted by Crippen LogP contribution is 2.28. The summed E-state index contributed by atoms with van der Waals surface area (Å²) in [5.41, 5.74) is 3.65. The van der Waals surface area contributed by atoms with E-state index < -0.39 is 0 Å². The van der Waals surface area contributed by atoms with Crippen molar-refractivity contribution in [3.05, 3.63) is 66.1 Å². The third-order valence-electron chi connectivity index (χ3n) is 4.37. The van der Waals surface area contributed by atoms with E-state index in [1.54, 1.807) is 13.2 Å². The summed E-state index contributed by atoms with van der Waals surface area (Å²) in [5.74, 6) is 1.15. The molecule has 136 valence electrons. The molecule has 2 aromatic carbocycles. The van der Waals surface area contributed by atoms with Gasteiger partial charge < -0.3 is 15.0 Å². The van der Waals surface area contributed by atoms with Gasteiger partial charge in [0.15, 0.2) is 0 Å². The number of amides is 1. The maximum absolute atomic E-state index is 12.6. The van der Waals surface area contributed by atoms with Gasteiger partial charge in [-0.15, -0.1) is 0 Å². The quantitative estimate of drug-likeness (QED) is 0.507.